The largest absolute Gasteiger partial charge is 0.481 e. The van der Waals surface area contributed by atoms with Crippen LogP contribution in [0.5, 0.6) is 0 Å². The second-order valence-electron chi connectivity index (χ2n) is 5.49. The van der Waals surface area contributed by atoms with E-state index >= 15 is 0 Å². The number of hydrogen-bond acceptors (Lipinski definition) is 3. The standard InChI is InChI=1S/C16H14Cl2N2O2/c17-14-10(12(16(21)22)7-9-1-2-9)3-4-11(15(14)18)13-8-19-5-6-20-13/h3-6,8-9,12H,1-2,7H2,(H,21,22). The molecule has 0 radical (unpaired) electrons. The first kappa shape index (κ1) is 15.3. The fourth-order valence-corrected chi connectivity index (χ4v) is 3.08. The van der Waals surface area contributed by atoms with E-state index in [0.29, 0.717) is 34.2 Å². The van der Waals surface area contributed by atoms with Gasteiger partial charge in [-0.2, -0.15) is 0 Å². The maximum atomic E-state index is 11.6. The van der Waals surface area contributed by atoms with Crippen LogP contribution in [0.1, 0.15) is 30.7 Å². The van der Waals surface area contributed by atoms with Crippen molar-refractivity contribution < 1.29 is 9.90 Å². The van der Waals surface area contributed by atoms with Crippen molar-refractivity contribution in [2.45, 2.75) is 25.2 Å². The van der Waals surface area contributed by atoms with E-state index in [9.17, 15) is 9.90 Å². The van der Waals surface area contributed by atoms with Crippen molar-refractivity contribution >= 4 is 29.2 Å². The Labute approximate surface area is 138 Å². The summed E-state index contributed by atoms with van der Waals surface area (Å²) in [6.07, 6.45) is 7.52. The van der Waals surface area contributed by atoms with Gasteiger partial charge in [0.1, 0.15) is 0 Å². The molecule has 0 spiro atoms. The van der Waals surface area contributed by atoms with Crippen molar-refractivity contribution in [2.75, 3.05) is 0 Å². The molecule has 1 aliphatic rings. The Bertz CT molecular complexity index is 703. The highest BCUT2D eigenvalue weighted by atomic mass is 35.5. The van der Waals surface area contributed by atoms with E-state index in [0.717, 1.165) is 12.8 Å². The number of benzene rings is 1. The lowest BCUT2D eigenvalue weighted by molar-refractivity contribution is -0.139. The fourth-order valence-electron chi connectivity index (χ4n) is 2.52. The van der Waals surface area contributed by atoms with Crippen LogP contribution in [0.3, 0.4) is 0 Å². The van der Waals surface area contributed by atoms with Crippen molar-refractivity contribution in [3.63, 3.8) is 0 Å². The van der Waals surface area contributed by atoms with Gasteiger partial charge in [-0.3, -0.25) is 14.8 Å². The van der Waals surface area contributed by atoms with Gasteiger partial charge in [0.05, 0.1) is 27.9 Å². The van der Waals surface area contributed by atoms with E-state index in [1.807, 2.05) is 0 Å². The van der Waals surface area contributed by atoms with Crippen LogP contribution in [0, 0.1) is 5.92 Å². The van der Waals surface area contributed by atoms with Crippen LogP contribution in [0.4, 0.5) is 0 Å². The number of nitrogens with zero attached hydrogens (tertiary/aromatic N) is 2. The Balaban J connectivity index is 2.00. The Hall–Kier alpha value is -1.65. The molecule has 1 aromatic heterocycles. The van der Waals surface area contributed by atoms with Crippen LogP contribution < -0.4 is 0 Å². The molecule has 3 rings (SSSR count). The van der Waals surface area contributed by atoms with E-state index in [4.69, 9.17) is 23.2 Å². The van der Waals surface area contributed by atoms with E-state index < -0.39 is 11.9 Å². The van der Waals surface area contributed by atoms with Crippen molar-refractivity contribution in [2.24, 2.45) is 5.92 Å². The predicted octanol–water partition coefficient (Wildman–Crippen LogP) is 4.42. The lowest BCUT2D eigenvalue weighted by Gasteiger charge is -2.16. The molecule has 4 nitrogen and oxygen atoms in total. The average molecular weight is 337 g/mol. The van der Waals surface area contributed by atoms with Crippen LogP contribution >= 0.6 is 23.2 Å². The van der Waals surface area contributed by atoms with E-state index in [1.54, 1.807) is 30.7 Å². The quantitative estimate of drug-likeness (QED) is 0.877. The number of aromatic nitrogens is 2. The first-order chi connectivity index (χ1) is 10.6. The lowest BCUT2D eigenvalue weighted by atomic mass is 9.92. The summed E-state index contributed by atoms with van der Waals surface area (Å²) in [6, 6.07) is 3.50. The number of carboxylic acids is 1. The highest BCUT2D eigenvalue weighted by molar-refractivity contribution is 6.44. The minimum absolute atomic E-state index is 0.290. The molecular weight excluding hydrogens is 323 g/mol. The van der Waals surface area contributed by atoms with Crippen molar-refractivity contribution in [3.8, 4) is 11.3 Å². The highest BCUT2D eigenvalue weighted by Crippen LogP contribution is 2.43. The van der Waals surface area contributed by atoms with Crippen molar-refractivity contribution in [1.82, 2.24) is 9.97 Å². The van der Waals surface area contributed by atoms with Crippen LogP contribution in [0.25, 0.3) is 11.3 Å². The van der Waals surface area contributed by atoms with Crippen LogP contribution in [0.2, 0.25) is 10.0 Å². The molecule has 1 saturated carbocycles. The average Bonchev–Trinajstić information content (AvgIpc) is 3.33. The van der Waals surface area contributed by atoms with E-state index in [-0.39, 0.29) is 5.02 Å². The van der Waals surface area contributed by atoms with E-state index in [1.165, 1.54) is 0 Å². The Morgan fingerprint density at radius 1 is 1.27 bits per heavy atom. The van der Waals surface area contributed by atoms with Gasteiger partial charge in [0, 0.05) is 18.0 Å². The molecule has 0 bridgehead atoms. The lowest BCUT2D eigenvalue weighted by Crippen LogP contribution is -2.13. The Morgan fingerprint density at radius 3 is 2.64 bits per heavy atom. The summed E-state index contributed by atoms with van der Waals surface area (Å²) in [7, 11) is 0. The zero-order valence-electron chi connectivity index (χ0n) is 11.7. The predicted molar refractivity (Wildman–Crippen MR) is 85.2 cm³/mol. The van der Waals surface area contributed by atoms with Gasteiger partial charge in [0.25, 0.3) is 0 Å². The first-order valence-corrected chi connectivity index (χ1v) is 7.80. The maximum Gasteiger partial charge on any atom is 0.311 e. The number of carbonyl (C=O) groups is 1. The molecular formula is C16H14Cl2N2O2. The normalized spacial score (nSPS) is 15.5. The number of carboxylic acid groups (broad SMARTS) is 1. The molecule has 2 aromatic rings. The summed E-state index contributed by atoms with van der Waals surface area (Å²) in [4.78, 5) is 19.8. The van der Waals surface area contributed by atoms with Gasteiger partial charge >= 0.3 is 5.97 Å². The Morgan fingerprint density at radius 2 is 2.05 bits per heavy atom. The van der Waals surface area contributed by atoms with Gasteiger partial charge in [0.15, 0.2) is 0 Å². The summed E-state index contributed by atoms with van der Waals surface area (Å²) < 4.78 is 0. The smallest absolute Gasteiger partial charge is 0.311 e. The summed E-state index contributed by atoms with van der Waals surface area (Å²) in [6.45, 7) is 0. The zero-order valence-corrected chi connectivity index (χ0v) is 13.2. The molecule has 1 heterocycles. The zero-order chi connectivity index (χ0) is 15.7. The molecule has 1 atom stereocenters. The first-order valence-electron chi connectivity index (χ1n) is 7.05. The van der Waals surface area contributed by atoms with Gasteiger partial charge in [-0.15, -0.1) is 0 Å². The second kappa shape index (κ2) is 6.23. The summed E-state index contributed by atoms with van der Waals surface area (Å²) in [5.41, 5.74) is 1.83. The molecule has 1 fully saturated rings. The molecule has 1 aliphatic carbocycles. The van der Waals surface area contributed by atoms with Gasteiger partial charge < -0.3 is 5.11 Å². The summed E-state index contributed by atoms with van der Waals surface area (Å²) in [5.74, 6) is -0.999. The maximum absolute atomic E-state index is 11.6. The molecule has 1 aromatic carbocycles. The van der Waals surface area contributed by atoms with Crippen LogP contribution in [0.15, 0.2) is 30.7 Å². The van der Waals surface area contributed by atoms with E-state index in [2.05, 4.69) is 9.97 Å². The number of hydrogen-bond donors (Lipinski definition) is 1. The monoisotopic (exact) mass is 336 g/mol. The van der Waals surface area contributed by atoms with Gasteiger partial charge in [-0.05, 0) is 17.9 Å². The molecule has 0 amide bonds. The van der Waals surface area contributed by atoms with Gasteiger partial charge in [-0.25, -0.2) is 0 Å². The van der Waals surface area contributed by atoms with Crippen LogP contribution in [-0.2, 0) is 4.79 Å². The molecule has 0 aliphatic heterocycles. The summed E-state index contributed by atoms with van der Waals surface area (Å²) >= 11 is 12.7. The fraction of sp³-hybridized carbons (Fsp3) is 0.312. The SMILES string of the molecule is O=C(O)C(CC1CC1)c1ccc(-c2cnccn2)c(Cl)c1Cl. The topological polar surface area (TPSA) is 63.1 Å². The molecule has 22 heavy (non-hydrogen) atoms. The van der Waals surface area contributed by atoms with Crippen molar-refractivity contribution in [1.29, 1.82) is 0 Å². The number of rotatable bonds is 5. The third-order valence-corrected chi connectivity index (χ3v) is 4.79. The third-order valence-electron chi connectivity index (χ3n) is 3.89. The molecule has 114 valence electrons. The molecule has 1 N–H and O–H groups in total. The molecule has 1 unspecified atom stereocenters. The summed E-state index contributed by atoms with van der Waals surface area (Å²) in [5, 5.41) is 10.1. The van der Waals surface area contributed by atoms with Gasteiger partial charge in [-0.1, -0.05) is 48.2 Å². The number of aliphatic carboxylic acids is 1. The van der Waals surface area contributed by atoms with Gasteiger partial charge in [0.2, 0.25) is 0 Å². The van der Waals surface area contributed by atoms with Crippen LogP contribution in [-0.4, -0.2) is 21.0 Å². The minimum atomic E-state index is -0.864. The number of halogens is 2. The minimum Gasteiger partial charge on any atom is -0.481 e. The highest BCUT2D eigenvalue weighted by Gasteiger charge is 2.32. The Kier molecular flexibility index (Phi) is 4.32. The van der Waals surface area contributed by atoms with Crippen molar-refractivity contribution in [3.05, 3.63) is 46.3 Å². The molecule has 0 saturated heterocycles. The third kappa shape index (κ3) is 3.08. The second-order valence-corrected chi connectivity index (χ2v) is 6.25. The molecule has 6 heteroatoms.